The third-order valence-corrected chi connectivity index (χ3v) is 6.65. The van der Waals surface area contributed by atoms with E-state index in [0.29, 0.717) is 11.5 Å². The van der Waals surface area contributed by atoms with Gasteiger partial charge in [-0.2, -0.15) is 0 Å². The second-order valence-electron chi connectivity index (χ2n) is 8.35. The molecule has 172 valence electrons. The summed E-state index contributed by atoms with van der Waals surface area (Å²) in [4.78, 5) is 25.2. The summed E-state index contributed by atoms with van der Waals surface area (Å²) < 4.78 is 22.1. The highest BCUT2D eigenvalue weighted by Gasteiger charge is 2.55. The minimum absolute atomic E-state index is 0.00227. The summed E-state index contributed by atoms with van der Waals surface area (Å²) in [5.74, 6) is 0.865. The summed E-state index contributed by atoms with van der Waals surface area (Å²) in [6, 6.07) is 23.2. The molecule has 4 aromatic rings. The van der Waals surface area contributed by atoms with E-state index in [1.54, 1.807) is 0 Å². The lowest BCUT2D eigenvalue weighted by molar-refractivity contribution is 0.170. The number of rotatable bonds is 6. The van der Waals surface area contributed by atoms with Crippen molar-refractivity contribution in [1.82, 2.24) is 0 Å². The normalized spacial score (nSPS) is 21.5. The molecule has 2 aromatic carbocycles. The Labute approximate surface area is 196 Å². The Morgan fingerprint density at radius 2 is 0.971 bits per heavy atom. The molecule has 4 unspecified atom stereocenters. The molecular weight excluding hydrogens is 432 g/mol. The van der Waals surface area contributed by atoms with Gasteiger partial charge in [-0.25, -0.2) is 0 Å². The number of methoxy groups -OCH3 is 2. The average Bonchev–Trinajstić information content (AvgIpc) is 2.85. The van der Waals surface area contributed by atoms with Crippen molar-refractivity contribution in [3.05, 3.63) is 128 Å². The molecular formula is C28H24O6. The molecule has 34 heavy (non-hydrogen) atoms. The van der Waals surface area contributed by atoms with Gasteiger partial charge in [-0.05, 0) is 11.1 Å². The molecule has 4 atom stereocenters. The van der Waals surface area contributed by atoms with Crippen molar-refractivity contribution >= 4 is 0 Å². The molecule has 0 N–H and O–H groups in total. The largest absolute Gasteiger partial charge is 0.490 e. The monoisotopic (exact) mass is 456 g/mol. The molecule has 0 amide bonds. The van der Waals surface area contributed by atoms with Crippen LogP contribution in [0.3, 0.4) is 0 Å². The van der Waals surface area contributed by atoms with Gasteiger partial charge in [-0.15, -0.1) is 0 Å². The molecule has 6 heteroatoms. The topological polar surface area (TPSA) is 78.9 Å². The molecule has 1 saturated carbocycles. The smallest absolute Gasteiger partial charge is 0.226 e. The second-order valence-corrected chi connectivity index (χ2v) is 8.35. The van der Waals surface area contributed by atoms with Gasteiger partial charge in [0.05, 0.1) is 14.2 Å². The SMILES string of the molecule is COc1coc(C2C(c3ccccc3)C(c3ccccc3)C2c2cc(=O)c(OC)co2)cc1=O. The number of hydrogen-bond donors (Lipinski definition) is 0. The number of ether oxygens (including phenoxy) is 2. The summed E-state index contributed by atoms with van der Waals surface area (Å²) in [7, 11) is 2.87. The van der Waals surface area contributed by atoms with Gasteiger partial charge >= 0.3 is 0 Å². The van der Waals surface area contributed by atoms with Gasteiger partial charge in [0.25, 0.3) is 0 Å². The molecule has 2 aromatic heterocycles. The van der Waals surface area contributed by atoms with E-state index in [1.807, 2.05) is 36.4 Å². The molecule has 1 aliphatic carbocycles. The first-order valence-corrected chi connectivity index (χ1v) is 11.1. The third kappa shape index (κ3) is 3.71. The molecule has 0 bridgehead atoms. The first kappa shape index (κ1) is 21.8. The minimum atomic E-state index is -0.256. The molecule has 1 aliphatic rings. The van der Waals surface area contributed by atoms with Crippen LogP contribution < -0.4 is 20.3 Å². The Bertz CT molecular complexity index is 1280. The van der Waals surface area contributed by atoms with E-state index in [2.05, 4.69) is 24.3 Å². The summed E-state index contributed by atoms with van der Waals surface area (Å²) in [6.45, 7) is 0. The van der Waals surface area contributed by atoms with Crippen LogP contribution in [0.2, 0.25) is 0 Å². The Morgan fingerprint density at radius 1 is 0.588 bits per heavy atom. The van der Waals surface area contributed by atoms with Gasteiger partial charge in [0.2, 0.25) is 22.4 Å². The first-order chi connectivity index (χ1) is 16.6. The Balaban J connectivity index is 1.70. The summed E-state index contributed by atoms with van der Waals surface area (Å²) in [6.07, 6.45) is 2.69. The zero-order valence-corrected chi connectivity index (χ0v) is 18.8. The number of hydrogen-bond acceptors (Lipinski definition) is 6. The van der Waals surface area contributed by atoms with Crippen molar-refractivity contribution in [2.24, 2.45) is 0 Å². The Kier molecular flexibility index (Phi) is 5.80. The van der Waals surface area contributed by atoms with Crippen molar-refractivity contribution in [3.8, 4) is 11.5 Å². The van der Waals surface area contributed by atoms with Crippen LogP contribution in [0.25, 0.3) is 0 Å². The third-order valence-electron chi connectivity index (χ3n) is 6.65. The molecule has 6 nitrogen and oxygen atoms in total. The highest BCUT2D eigenvalue weighted by molar-refractivity contribution is 5.45. The molecule has 0 saturated heterocycles. The lowest BCUT2D eigenvalue weighted by atomic mass is 9.51. The Morgan fingerprint density at radius 3 is 1.29 bits per heavy atom. The standard InChI is InChI=1S/C28H24O6/c1-31-23-15-33-21(13-19(23)29)27-25(17-9-5-3-6-10-17)26(18-11-7-4-8-12-18)28(27)22-14-20(30)24(32-2)16-34-22/h3-16,25-28H,1-2H3. The van der Waals surface area contributed by atoms with Gasteiger partial charge in [0.1, 0.15) is 24.0 Å². The lowest BCUT2D eigenvalue weighted by Gasteiger charge is -2.51. The van der Waals surface area contributed by atoms with E-state index in [9.17, 15) is 9.59 Å². The average molecular weight is 456 g/mol. The highest BCUT2D eigenvalue weighted by atomic mass is 16.5. The van der Waals surface area contributed by atoms with Crippen molar-refractivity contribution < 1.29 is 18.3 Å². The van der Waals surface area contributed by atoms with E-state index in [-0.39, 0.29) is 46.0 Å². The van der Waals surface area contributed by atoms with Crippen LogP contribution in [0, 0.1) is 0 Å². The molecule has 1 fully saturated rings. The zero-order chi connectivity index (χ0) is 23.7. The maximum Gasteiger partial charge on any atom is 0.226 e. The fourth-order valence-corrected chi connectivity index (χ4v) is 5.11. The van der Waals surface area contributed by atoms with E-state index in [0.717, 1.165) is 11.1 Å². The van der Waals surface area contributed by atoms with Crippen molar-refractivity contribution in [3.63, 3.8) is 0 Å². The van der Waals surface area contributed by atoms with Crippen LogP contribution in [0.1, 0.15) is 46.3 Å². The van der Waals surface area contributed by atoms with Gasteiger partial charge < -0.3 is 18.3 Å². The van der Waals surface area contributed by atoms with Gasteiger partial charge in [0, 0.05) is 35.8 Å². The van der Waals surface area contributed by atoms with Gasteiger partial charge in [-0.1, -0.05) is 60.7 Å². The maximum absolute atomic E-state index is 12.6. The van der Waals surface area contributed by atoms with Crippen LogP contribution in [0.4, 0.5) is 0 Å². The van der Waals surface area contributed by atoms with E-state index < -0.39 is 0 Å². The quantitative estimate of drug-likeness (QED) is 0.404. The van der Waals surface area contributed by atoms with Crippen LogP contribution in [0.5, 0.6) is 11.5 Å². The molecule has 0 radical (unpaired) electrons. The fourth-order valence-electron chi connectivity index (χ4n) is 5.11. The van der Waals surface area contributed by atoms with Crippen LogP contribution >= 0.6 is 0 Å². The van der Waals surface area contributed by atoms with Crippen LogP contribution in [-0.4, -0.2) is 14.2 Å². The Hall–Kier alpha value is -4.06. The zero-order valence-electron chi connectivity index (χ0n) is 18.8. The van der Waals surface area contributed by atoms with E-state index in [1.165, 1.54) is 38.9 Å². The molecule has 0 aliphatic heterocycles. The predicted molar refractivity (Wildman–Crippen MR) is 127 cm³/mol. The lowest BCUT2D eigenvalue weighted by Crippen LogP contribution is -2.40. The first-order valence-electron chi connectivity index (χ1n) is 11.1. The van der Waals surface area contributed by atoms with Crippen molar-refractivity contribution in [2.75, 3.05) is 14.2 Å². The minimum Gasteiger partial charge on any atom is -0.490 e. The van der Waals surface area contributed by atoms with E-state index in [4.69, 9.17) is 18.3 Å². The fraction of sp³-hybridized carbons (Fsp3) is 0.214. The second kappa shape index (κ2) is 9.06. The summed E-state index contributed by atoms with van der Waals surface area (Å²) in [5, 5.41) is 0. The van der Waals surface area contributed by atoms with Crippen LogP contribution in [0.15, 0.2) is 104 Å². The van der Waals surface area contributed by atoms with Gasteiger partial charge in [0.15, 0.2) is 0 Å². The predicted octanol–water partition coefficient (Wildman–Crippen LogP) is 5.06. The highest BCUT2D eigenvalue weighted by Crippen LogP contribution is 2.66. The number of benzene rings is 2. The summed E-state index contributed by atoms with van der Waals surface area (Å²) in [5.41, 5.74) is 1.72. The van der Waals surface area contributed by atoms with Crippen LogP contribution in [-0.2, 0) is 0 Å². The van der Waals surface area contributed by atoms with Crippen molar-refractivity contribution in [2.45, 2.75) is 23.7 Å². The van der Waals surface area contributed by atoms with E-state index >= 15 is 0 Å². The van der Waals surface area contributed by atoms with Crippen molar-refractivity contribution in [1.29, 1.82) is 0 Å². The molecule has 5 rings (SSSR count). The van der Waals surface area contributed by atoms with Gasteiger partial charge in [-0.3, -0.25) is 9.59 Å². The summed E-state index contributed by atoms with van der Waals surface area (Å²) >= 11 is 0. The molecule has 0 spiro atoms. The molecule has 2 heterocycles. The maximum atomic E-state index is 12.6.